The summed E-state index contributed by atoms with van der Waals surface area (Å²) in [5.41, 5.74) is 2.22. The summed E-state index contributed by atoms with van der Waals surface area (Å²) in [5.74, 6) is 0.0348. The van der Waals surface area contributed by atoms with Crippen molar-refractivity contribution in [2.75, 3.05) is 37.0 Å². The van der Waals surface area contributed by atoms with Gasteiger partial charge in [-0.25, -0.2) is 0 Å². The lowest BCUT2D eigenvalue weighted by Crippen LogP contribution is -2.43. The molecule has 7 nitrogen and oxygen atoms in total. The van der Waals surface area contributed by atoms with Gasteiger partial charge in [-0.2, -0.15) is 13.2 Å². The van der Waals surface area contributed by atoms with E-state index in [1.807, 2.05) is 47.0 Å². The zero-order valence-corrected chi connectivity index (χ0v) is 29.8. The molecule has 3 aromatic rings. The van der Waals surface area contributed by atoms with Crippen LogP contribution >= 0.6 is 23.5 Å². The highest BCUT2D eigenvalue weighted by molar-refractivity contribution is 8.20. The number of carbonyl (C=O) groups excluding carboxylic acids is 1. The maximum Gasteiger partial charge on any atom is 0.471 e. The molecular weight excluding hydrogens is 652 g/mol. The van der Waals surface area contributed by atoms with Gasteiger partial charge in [0, 0.05) is 35.2 Å². The van der Waals surface area contributed by atoms with Gasteiger partial charge in [-0.15, -0.1) is 23.5 Å². The molecule has 1 aliphatic heterocycles. The first-order chi connectivity index (χ1) is 21.4. The molecule has 0 saturated carbocycles. The van der Waals surface area contributed by atoms with Crippen molar-refractivity contribution in [2.24, 2.45) is 0 Å². The Morgan fingerprint density at radius 1 is 1.07 bits per heavy atom. The van der Waals surface area contributed by atoms with Crippen LogP contribution in [0.4, 0.5) is 18.9 Å². The summed E-state index contributed by atoms with van der Waals surface area (Å²) >= 11 is 3.73. The summed E-state index contributed by atoms with van der Waals surface area (Å²) in [5, 5.41) is 13.2. The van der Waals surface area contributed by atoms with Gasteiger partial charge >= 0.3 is 12.1 Å². The number of unbranched alkanes of at least 4 members (excludes halogenated alkanes) is 1. The highest BCUT2D eigenvalue weighted by Crippen LogP contribution is 2.55. The number of anilines is 1. The molecule has 3 N–H and O–H groups in total. The molecule has 2 aromatic carbocycles. The Bertz CT molecular complexity index is 1570. The average Bonchev–Trinajstić information content (AvgIpc) is 3.45. The SMILES string of the molecule is CN(CCCCC1(c2ccc(NC(=O)C(F)(F)F)cc2)SCCS1)C[C@H](O[Si](C)(C)C(C)(C)C)c1ccc(O)c2[nH]c(=O)ccc12. The lowest BCUT2D eigenvalue weighted by molar-refractivity contribution is -0.167. The number of nitrogens with zero attached hydrogens (tertiary/aromatic N) is 1. The van der Waals surface area contributed by atoms with Gasteiger partial charge in [-0.3, -0.25) is 9.59 Å². The Balaban J connectivity index is 1.44. The summed E-state index contributed by atoms with van der Waals surface area (Å²) < 4.78 is 44.8. The Morgan fingerprint density at radius 3 is 2.33 bits per heavy atom. The second-order valence-electron chi connectivity index (χ2n) is 13.4. The molecule has 0 spiro atoms. The summed E-state index contributed by atoms with van der Waals surface area (Å²) in [6.07, 6.45) is -2.41. The molecule has 1 aliphatic rings. The number of phenolic OH excluding ortho intramolecular Hbond substituents is 1. The number of aromatic hydroxyl groups is 1. The van der Waals surface area contributed by atoms with Crippen molar-refractivity contribution in [3.8, 4) is 5.75 Å². The van der Waals surface area contributed by atoms with E-state index in [-0.39, 0.29) is 32.2 Å². The number of thioether (sulfide) groups is 2. The second kappa shape index (κ2) is 14.3. The van der Waals surface area contributed by atoms with Gasteiger partial charge < -0.3 is 24.7 Å². The van der Waals surface area contributed by atoms with Crippen molar-refractivity contribution in [1.29, 1.82) is 0 Å². The van der Waals surface area contributed by atoms with Gasteiger partial charge in [0.25, 0.3) is 0 Å². The number of fused-ring (bicyclic) bond motifs is 1. The van der Waals surface area contributed by atoms with E-state index in [4.69, 9.17) is 4.43 Å². The third kappa shape index (κ3) is 8.71. The van der Waals surface area contributed by atoms with E-state index >= 15 is 0 Å². The van der Waals surface area contributed by atoms with Gasteiger partial charge in [0.15, 0.2) is 8.32 Å². The number of phenols is 1. The van der Waals surface area contributed by atoms with Crippen molar-refractivity contribution < 1.29 is 27.5 Å². The molecule has 1 saturated heterocycles. The largest absolute Gasteiger partial charge is 0.506 e. The zero-order valence-electron chi connectivity index (χ0n) is 27.2. The summed E-state index contributed by atoms with van der Waals surface area (Å²) in [6.45, 7) is 12.5. The van der Waals surface area contributed by atoms with E-state index in [9.17, 15) is 27.9 Å². The van der Waals surface area contributed by atoms with Crippen molar-refractivity contribution in [1.82, 2.24) is 9.88 Å². The second-order valence-corrected chi connectivity index (χ2v) is 21.2. The number of carbonyl (C=O) groups is 1. The summed E-state index contributed by atoms with van der Waals surface area (Å²) in [6, 6.07) is 13.4. The highest BCUT2D eigenvalue weighted by atomic mass is 32.2. The number of rotatable bonds is 12. The van der Waals surface area contributed by atoms with Crippen LogP contribution in [0.15, 0.2) is 53.3 Å². The average molecular weight is 696 g/mol. The van der Waals surface area contributed by atoms with E-state index in [1.54, 1.807) is 24.3 Å². The summed E-state index contributed by atoms with van der Waals surface area (Å²) in [4.78, 5) is 28.4. The Kier molecular flexibility index (Phi) is 11.3. The molecule has 13 heteroatoms. The number of alkyl halides is 3. The number of hydrogen-bond acceptors (Lipinski definition) is 7. The third-order valence-electron chi connectivity index (χ3n) is 8.86. The number of nitrogens with one attached hydrogen (secondary N) is 2. The minimum Gasteiger partial charge on any atom is -0.506 e. The van der Waals surface area contributed by atoms with Crippen LogP contribution < -0.4 is 10.9 Å². The van der Waals surface area contributed by atoms with Crippen LogP contribution in [-0.4, -0.2) is 67.0 Å². The molecule has 1 amide bonds. The molecule has 0 radical (unpaired) electrons. The quantitative estimate of drug-likeness (QED) is 0.130. The maximum absolute atomic E-state index is 12.7. The molecule has 1 fully saturated rings. The van der Waals surface area contributed by atoms with Crippen molar-refractivity contribution in [3.63, 3.8) is 0 Å². The van der Waals surface area contributed by atoms with Crippen molar-refractivity contribution in [3.05, 3.63) is 70.0 Å². The molecule has 46 heavy (non-hydrogen) atoms. The Morgan fingerprint density at radius 2 is 1.72 bits per heavy atom. The number of benzene rings is 2. The number of aromatic nitrogens is 1. The predicted molar refractivity (Wildman–Crippen MR) is 186 cm³/mol. The number of pyridine rings is 1. The van der Waals surface area contributed by atoms with Crippen LogP contribution in [0.2, 0.25) is 18.1 Å². The van der Waals surface area contributed by atoms with Crippen LogP contribution in [0.1, 0.15) is 57.3 Å². The molecule has 2 heterocycles. The van der Waals surface area contributed by atoms with E-state index in [1.165, 1.54) is 6.07 Å². The van der Waals surface area contributed by atoms with E-state index in [0.717, 1.165) is 53.8 Å². The molecule has 0 bridgehead atoms. The van der Waals surface area contributed by atoms with Crippen LogP contribution in [-0.2, 0) is 13.3 Å². The lowest BCUT2D eigenvalue weighted by Gasteiger charge is -2.40. The maximum atomic E-state index is 12.7. The number of aromatic amines is 1. The van der Waals surface area contributed by atoms with E-state index in [2.05, 4.69) is 50.8 Å². The van der Waals surface area contributed by atoms with Crippen molar-refractivity contribution >= 4 is 54.3 Å². The van der Waals surface area contributed by atoms with Gasteiger partial charge in [0.1, 0.15) is 5.75 Å². The number of halogens is 3. The number of likely N-dealkylation sites (N-methyl/N-ethyl adjacent to an activating group) is 1. The normalized spacial score (nSPS) is 16.2. The first kappa shape index (κ1) is 36.4. The zero-order chi connectivity index (χ0) is 33.9. The van der Waals surface area contributed by atoms with E-state index < -0.39 is 20.4 Å². The lowest BCUT2D eigenvalue weighted by atomic mass is 10.0. The van der Waals surface area contributed by atoms with Gasteiger partial charge in [0.2, 0.25) is 5.56 Å². The first-order valence-electron chi connectivity index (χ1n) is 15.4. The minimum atomic E-state index is -4.93. The molecule has 1 atom stereocenters. The fourth-order valence-corrected chi connectivity index (χ4v) is 9.91. The fraction of sp³-hybridized carbons (Fsp3) is 0.515. The number of amides is 1. The fourth-order valence-electron chi connectivity index (χ4n) is 5.30. The number of hydrogen-bond donors (Lipinski definition) is 3. The molecule has 4 rings (SSSR count). The standard InChI is InChI=1S/C33H44F3N3O4S2Si/c1-31(2,3)46(5,6)43-27(24-13-15-26(40)29-25(24)14-16-28(41)38-29)21-39(4)18-8-7-17-32(44-19-20-45-32)22-9-11-23(12-10-22)37-30(42)33(34,35)36/h9-16,27,40H,7-8,17-21H2,1-6H3,(H,37,42)(H,38,41)/t27-/m0/s1. The van der Waals surface area contributed by atoms with Crippen LogP contribution in [0.3, 0.4) is 0 Å². The molecular formula is C33H44F3N3O4S2Si. The van der Waals surface area contributed by atoms with Gasteiger partial charge in [0.05, 0.1) is 15.7 Å². The van der Waals surface area contributed by atoms with E-state index in [0.29, 0.717) is 12.1 Å². The van der Waals surface area contributed by atoms with Gasteiger partial charge in [-0.05, 0) is 86.4 Å². The monoisotopic (exact) mass is 695 g/mol. The molecule has 0 aliphatic carbocycles. The predicted octanol–water partition coefficient (Wildman–Crippen LogP) is 8.23. The summed E-state index contributed by atoms with van der Waals surface area (Å²) in [7, 11) is -0.122. The Labute approximate surface area is 278 Å². The topological polar surface area (TPSA) is 94.7 Å². The smallest absolute Gasteiger partial charge is 0.471 e. The van der Waals surface area contributed by atoms with Gasteiger partial charge in [-0.1, -0.05) is 39.0 Å². The highest BCUT2D eigenvalue weighted by Gasteiger charge is 2.41. The van der Waals surface area contributed by atoms with Crippen LogP contribution in [0, 0.1) is 0 Å². The van der Waals surface area contributed by atoms with Crippen LogP contribution in [0.25, 0.3) is 10.9 Å². The first-order valence-corrected chi connectivity index (χ1v) is 20.3. The molecule has 1 aromatic heterocycles. The van der Waals surface area contributed by atoms with Crippen molar-refractivity contribution in [2.45, 2.75) is 74.5 Å². The molecule has 0 unspecified atom stereocenters. The number of H-pyrrole nitrogens is 1. The van der Waals surface area contributed by atoms with Crippen LogP contribution in [0.5, 0.6) is 5.75 Å². The minimum absolute atomic E-state index is 0.0160. The third-order valence-corrected chi connectivity index (χ3v) is 16.9. The Hall–Kier alpha value is -2.45. The molecule has 252 valence electrons.